The molecule has 7 heteroatoms. The highest BCUT2D eigenvalue weighted by Gasteiger charge is 2.68. The zero-order chi connectivity index (χ0) is 23.1. The highest BCUT2D eigenvalue weighted by atomic mass is 16.7. The fourth-order valence-corrected chi connectivity index (χ4v) is 8.84. The minimum atomic E-state index is -1.32. The van der Waals surface area contributed by atoms with Crippen molar-refractivity contribution < 1.29 is 34.7 Å². The lowest BCUT2D eigenvalue weighted by molar-refractivity contribution is -0.295. The minimum Gasteiger partial charge on any atom is -0.481 e. The third kappa shape index (κ3) is 2.94. The van der Waals surface area contributed by atoms with Crippen molar-refractivity contribution in [3.05, 3.63) is 12.2 Å². The molecule has 5 aliphatic rings. The van der Waals surface area contributed by atoms with E-state index in [1.54, 1.807) is 0 Å². The van der Waals surface area contributed by atoms with Crippen molar-refractivity contribution >= 4 is 5.97 Å². The van der Waals surface area contributed by atoms with Gasteiger partial charge in [-0.3, -0.25) is 4.79 Å². The van der Waals surface area contributed by atoms with E-state index in [0.717, 1.165) is 56.9 Å². The Balaban J connectivity index is 1.48. The lowest BCUT2D eigenvalue weighted by Crippen LogP contribution is -2.61. The number of carbonyl (C=O) groups is 1. The largest absolute Gasteiger partial charge is 0.481 e. The number of hydrogen-bond acceptors (Lipinski definition) is 6. The molecule has 0 radical (unpaired) electrons. The molecule has 1 saturated heterocycles. The topological polar surface area (TPSA) is 116 Å². The summed E-state index contributed by atoms with van der Waals surface area (Å²) in [6.45, 7) is 8.58. The van der Waals surface area contributed by atoms with Crippen LogP contribution in [-0.2, 0) is 14.3 Å². The number of carboxylic acid groups (broad SMARTS) is 1. The van der Waals surface area contributed by atoms with E-state index < -0.39 is 36.0 Å². The van der Waals surface area contributed by atoms with E-state index in [1.165, 1.54) is 0 Å². The van der Waals surface area contributed by atoms with Crippen LogP contribution in [-0.4, -0.2) is 63.7 Å². The van der Waals surface area contributed by atoms with Gasteiger partial charge in [0.1, 0.15) is 18.3 Å². The molecule has 32 heavy (non-hydrogen) atoms. The van der Waals surface area contributed by atoms with Crippen LogP contribution in [0.25, 0.3) is 0 Å². The molecule has 0 aromatic heterocycles. The van der Waals surface area contributed by atoms with Crippen molar-refractivity contribution in [3.63, 3.8) is 0 Å². The molecule has 2 bridgehead atoms. The molecule has 180 valence electrons. The van der Waals surface area contributed by atoms with Crippen LogP contribution in [0.15, 0.2) is 12.2 Å². The van der Waals surface area contributed by atoms with Gasteiger partial charge in [-0.2, -0.15) is 0 Å². The Labute approximate surface area is 189 Å². The average Bonchev–Trinajstić information content (AvgIpc) is 2.93. The summed E-state index contributed by atoms with van der Waals surface area (Å²) in [5.41, 5.74) is 0.123. The number of aliphatic hydroxyl groups is 3. The van der Waals surface area contributed by atoms with Gasteiger partial charge in [-0.15, -0.1) is 0 Å². The summed E-state index contributed by atoms with van der Waals surface area (Å²) in [6.07, 6.45) is 2.43. The van der Waals surface area contributed by atoms with Crippen molar-refractivity contribution in [1.29, 1.82) is 0 Å². The van der Waals surface area contributed by atoms with E-state index in [9.17, 15) is 25.2 Å². The second-order valence-corrected chi connectivity index (χ2v) is 11.8. The normalized spacial score (nSPS) is 55.2. The average molecular weight is 451 g/mol. The van der Waals surface area contributed by atoms with Gasteiger partial charge in [-0.05, 0) is 80.6 Å². The lowest BCUT2D eigenvalue weighted by Gasteiger charge is -2.64. The number of aliphatic carboxylic acids is 1. The molecular weight excluding hydrogens is 412 g/mol. The van der Waals surface area contributed by atoms with Gasteiger partial charge in [-0.25, -0.2) is 0 Å². The Kier molecular flexibility index (Phi) is 5.34. The lowest BCUT2D eigenvalue weighted by atomic mass is 9.40. The quantitative estimate of drug-likeness (QED) is 0.488. The highest BCUT2D eigenvalue weighted by Crippen LogP contribution is 2.72. The summed E-state index contributed by atoms with van der Waals surface area (Å²) >= 11 is 0. The first-order valence-corrected chi connectivity index (χ1v) is 12.3. The van der Waals surface area contributed by atoms with Crippen LogP contribution in [0.3, 0.4) is 0 Å². The van der Waals surface area contributed by atoms with Crippen LogP contribution >= 0.6 is 0 Å². The standard InChI is InChI=1S/C25H38O7/c1-13-14-5-6-17-23(2)8-4-9-24(3,22(29)30)16(23)7-10-25(17,11-14)20(13)32-21-19(28)18(27)15(26)12-31-21/h14-21,26-28H,1,4-12H2,2-3H3,(H,29,30). The number of rotatable bonds is 3. The van der Waals surface area contributed by atoms with Crippen LogP contribution in [0.2, 0.25) is 0 Å². The van der Waals surface area contributed by atoms with Gasteiger partial charge in [0.15, 0.2) is 6.29 Å². The predicted molar refractivity (Wildman–Crippen MR) is 115 cm³/mol. The summed E-state index contributed by atoms with van der Waals surface area (Å²) in [6, 6.07) is 0. The van der Waals surface area contributed by atoms with E-state index in [4.69, 9.17) is 9.47 Å². The fourth-order valence-electron chi connectivity index (χ4n) is 8.84. The summed E-state index contributed by atoms with van der Waals surface area (Å²) in [5.74, 6) is 0.149. The molecule has 4 saturated carbocycles. The molecule has 4 N–H and O–H groups in total. The van der Waals surface area contributed by atoms with Crippen molar-refractivity contribution in [2.24, 2.45) is 34.0 Å². The molecule has 5 fully saturated rings. The molecular formula is C25H38O7. The van der Waals surface area contributed by atoms with E-state index in [-0.39, 0.29) is 29.5 Å². The molecule has 1 aliphatic heterocycles. The molecule has 1 spiro atoms. The zero-order valence-corrected chi connectivity index (χ0v) is 19.2. The molecule has 0 aromatic rings. The van der Waals surface area contributed by atoms with Gasteiger partial charge >= 0.3 is 5.97 Å². The summed E-state index contributed by atoms with van der Waals surface area (Å²) in [4.78, 5) is 12.3. The van der Waals surface area contributed by atoms with Crippen molar-refractivity contribution in [2.45, 2.75) is 95.9 Å². The van der Waals surface area contributed by atoms with E-state index in [0.29, 0.717) is 11.8 Å². The molecule has 0 amide bonds. The van der Waals surface area contributed by atoms with Crippen LogP contribution in [0.5, 0.6) is 0 Å². The Hall–Kier alpha value is -0.990. The Morgan fingerprint density at radius 2 is 1.81 bits per heavy atom. The molecule has 4 aliphatic carbocycles. The maximum Gasteiger partial charge on any atom is 0.309 e. The van der Waals surface area contributed by atoms with E-state index >= 15 is 0 Å². The van der Waals surface area contributed by atoms with Crippen LogP contribution < -0.4 is 0 Å². The first-order chi connectivity index (χ1) is 15.0. The Morgan fingerprint density at radius 1 is 1.06 bits per heavy atom. The maximum absolute atomic E-state index is 12.3. The maximum atomic E-state index is 12.3. The summed E-state index contributed by atoms with van der Waals surface area (Å²) in [7, 11) is 0. The summed E-state index contributed by atoms with van der Waals surface area (Å²) < 4.78 is 12.0. The number of hydrogen-bond donors (Lipinski definition) is 4. The first-order valence-electron chi connectivity index (χ1n) is 12.3. The zero-order valence-electron chi connectivity index (χ0n) is 19.2. The van der Waals surface area contributed by atoms with Crippen LogP contribution in [0.1, 0.15) is 65.2 Å². The SMILES string of the molecule is C=C1C2CCC3C4(C)CCCC(C)(C(=O)O)C4CCC3(C2)C1OC1OCC(O)C(O)C1O. The summed E-state index contributed by atoms with van der Waals surface area (Å²) in [5, 5.41) is 40.6. The fraction of sp³-hybridized carbons (Fsp3) is 0.880. The van der Waals surface area contributed by atoms with Gasteiger partial charge in [0.05, 0.1) is 18.1 Å². The number of fused-ring (bicyclic) bond motifs is 3. The van der Waals surface area contributed by atoms with Gasteiger partial charge in [0, 0.05) is 5.41 Å². The second kappa shape index (κ2) is 7.51. The minimum absolute atomic E-state index is 0.0808. The van der Waals surface area contributed by atoms with Gasteiger partial charge < -0.3 is 29.9 Å². The molecule has 11 unspecified atom stereocenters. The van der Waals surface area contributed by atoms with Crippen molar-refractivity contribution in [2.75, 3.05) is 6.61 Å². The third-order valence-electron chi connectivity index (χ3n) is 10.4. The number of aliphatic hydroxyl groups excluding tert-OH is 3. The van der Waals surface area contributed by atoms with Crippen LogP contribution in [0, 0.1) is 34.0 Å². The first kappa shape index (κ1) is 22.8. The Morgan fingerprint density at radius 3 is 2.53 bits per heavy atom. The predicted octanol–water partition coefficient (Wildman–Crippen LogP) is 2.47. The van der Waals surface area contributed by atoms with E-state index in [2.05, 4.69) is 13.5 Å². The molecule has 5 rings (SSSR count). The number of carboxylic acids is 1. The third-order valence-corrected chi connectivity index (χ3v) is 10.4. The Bertz CT molecular complexity index is 799. The van der Waals surface area contributed by atoms with Gasteiger partial charge in [0.25, 0.3) is 0 Å². The highest BCUT2D eigenvalue weighted by molar-refractivity contribution is 5.75. The molecule has 0 aromatic carbocycles. The molecule has 11 atom stereocenters. The van der Waals surface area contributed by atoms with Gasteiger partial charge in [0.2, 0.25) is 0 Å². The smallest absolute Gasteiger partial charge is 0.309 e. The second-order valence-electron chi connectivity index (χ2n) is 11.8. The van der Waals surface area contributed by atoms with E-state index in [1.807, 2.05) is 6.92 Å². The van der Waals surface area contributed by atoms with Crippen molar-refractivity contribution in [1.82, 2.24) is 0 Å². The van der Waals surface area contributed by atoms with Crippen molar-refractivity contribution in [3.8, 4) is 0 Å². The number of ether oxygens (including phenoxy) is 2. The molecule has 7 nitrogen and oxygen atoms in total. The van der Waals surface area contributed by atoms with Gasteiger partial charge in [-0.1, -0.05) is 19.9 Å². The molecule has 1 heterocycles. The van der Waals surface area contributed by atoms with Crippen LogP contribution in [0.4, 0.5) is 0 Å². The monoisotopic (exact) mass is 450 g/mol.